The van der Waals surface area contributed by atoms with Crippen molar-refractivity contribution in [3.8, 4) is 5.69 Å². The zero-order chi connectivity index (χ0) is 22.2. The number of rotatable bonds is 6. The van der Waals surface area contributed by atoms with Gasteiger partial charge in [-0.1, -0.05) is 36.9 Å². The maximum absolute atomic E-state index is 13.8. The highest BCUT2D eigenvalue weighted by atomic mass is 32.2. The van der Waals surface area contributed by atoms with Crippen LogP contribution < -0.4 is 5.56 Å². The van der Waals surface area contributed by atoms with Crippen LogP contribution in [0.3, 0.4) is 0 Å². The molecule has 2 aromatic heterocycles. The summed E-state index contributed by atoms with van der Waals surface area (Å²) < 4.78 is 12.9. The number of ether oxygens (including phenoxy) is 2. The van der Waals surface area contributed by atoms with E-state index in [1.54, 1.807) is 18.4 Å². The van der Waals surface area contributed by atoms with Crippen LogP contribution in [-0.4, -0.2) is 33.0 Å². The highest BCUT2D eigenvalue weighted by molar-refractivity contribution is 8.00. The number of carbonyl (C=O) groups excluding carboxylic acids is 1. The molecule has 31 heavy (non-hydrogen) atoms. The molecule has 0 aliphatic carbocycles. The monoisotopic (exact) mass is 458 g/mol. The van der Waals surface area contributed by atoms with Crippen LogP contribution in [0.4, 0.5) is 0 Å². The Kier molecular flexibility index (Phi) is 6.23. The molecule has 0 amide bonds. The first-order chi connectivity index (χ1) is 14.9. The van der Waals surface area contributed by atoms with Crippen molar-refractivity contribution in [1.82, 2.24) is 9.55 Å². The fraction of sp³-hybridized carbons (Fsp3) is 0.435. The van der Waals surface area contributed by atoms with Gasteiger partial charge in [0.1, 0.15) is 10.1 Å². The molecule has 0 radical (unpaired) electrons. The highest BCUT2D eigenvalue weighted by Gasteiger charge is 2.34. The standard InChI is InChI=1S/C23H26N2O4S2/c1-5-23(4)12-16-17(13-29-23)31-19-18(16)20(26)25(15-10-8-7-9-11-15)22(24-19)30-14(3)21(27)28-6-2/h7-11,14H,5-6,12-13H2,1-4H3/t14-,23+/m0/s1. The van der Waals surface area contributed by atoms with Crippen molar-refractivity contribution in [2.45, 2.75) is 63.2 Å². The van der Waals surface area contributed by atoms with Crippen molar-refractivity contribution < 1.29 is 14.3 Å². The van der Waals surface area contributed by atoms with Gasteiger partial charge in [-0.2, -0.15) is 0 Å². The molecule has 3 aromatic rings. The normalized spacial score (nSPS) is 19.2. The second kappa shape index (κ2) is 8.76. The molecule has 0 saturated carbocycles. The quantitative estimate of drug-likeness (QED) is 0.302. The Morgan fingerprint density at radius 1 is 1.35 bits per heavy atom. The Morgan fingerprint density at radius 3 is 2.77 bits per heavy atom. The molecule has 2 atom stereocenters. The number of aromatic nitrogens is 2. The van der Waals surface area contributed by atoms with E-state index in [4.69, 9.17) is 14.5 Å². The summed E-state index contributed by atoms with van der Waals surface area (Å²) >= 11 is 2.76. The lowest BCUT2D eigenvalue weighted by Gasteiger charge is -2.32. The van der Waals surface area contributed by atoms with Gasteiger partial charge in [-0.15, -0.1) is 11.3 Å². The zero-order valence-corrected chi connectivity index (χ0v) is 19.8. The van der Waals surface area contributed by atoms with Crippen molar-refractivity contribution >= 4 is 39.3 Å². The molecule has 0 N–H and O–H groups in total. The summed E-state index contributed by atoms with van der Waals surface area (Å²) in [6.07, 6.45) is 1.56. The maximum atomic E-state index is 13.8. The second-order valence-corrected chi connectivity index (χ2v) is 10.2. The summed E-state index contributed by atoms with van der Waals surface area (Å²) in [5, 5.41) is 0.669. The minimum atomic E-state index is -0.486. The van der Waals surface area contributed by atoms with Gasteiger partial charge in [0, 0.05) is 11.3 Å². The van der Waals surface area contributed by atoms with Crippen LogP contribution in [0.1, 0.15) is 44.6 Å². The smallest absolute Gasteiger partial charge is 0.319 e. The van der Waals surface area contributed by atoms with E-state index in [0.29, 0.717) is 35.0 Å². The van der Waals surface area contributed by atoms with E-state index in [1.807, 2.05) is 30.3 Å². The number of thioether (sulfide) groups is 1. The molecule has 0 unspecified atom stereocenters. The topological polar surface area (TPSA) is 70.4 Å². The van der Waals surface area contributed by atoms with Crippen LogP contribution in [0.2, 0.25) is 0 Å². The number of benzene rings is 1. The molecule has 1 aliphatic heterocycles. The number of nitrogens with zero attached hydrogens (tertiary/aromatic N) is 2. The molecule has 0 fully saturated rings. The summed E-state index contributed by atoms with van der Waals surface area (Å²) in [7, 11) is 0. The fourth-order valence-electron chi connectivity index (χ4n) is 3.68. The Hall–Kier alpha value is -2.16. The maximum Gasteiger partial charge on any atom is 0.319 e. The molecule has 3 heterocycles. The minimum Gasteiger partial charge on any atom is -0.465 e. The summed E-state index contributed by atoms with van der Waals surface area (Å²) in [5.41, 5.74) is 1.39. The third kappa shape index (κ3) is 4.16. The Morgan fingerprint density at radius 2 is 2.10 bits per heavy atom. The summed E-state index contributed by atoms with van der Waals surface area (Å²) in [5.74, 6) is -0.320. The lowest BCUT2D eigenvalue weighted by atomic mass is 9.90. The van der Waals surface area contributed by atoms with Crippen LogP contribution in [0.5, 0.6) is 0 Å². The molecule has 0 spiro atoms. The first-order valence-corrected chi connectivity index (χ1v) is 12.2. The highest BCUT2D eigenvalue weighted by Crippen LogP contribution is 2.39. The first-order valence-electron chi connectivity index (χ1n) is 10.5. The molecule has 0 bridgehead atoms. The number of fused-ring (bicyclic) bond motifs is 3. The van der Waals surface area contributed by atoms with Crippen LogP contribution in [0.15, 0.2) is 40.3 Å². The molecule has 4 rings (SSSR count). The molecule has 6 nitrogen and oxygen atoms in total. The van der Waals surface area contributed by atoms with E-state index >= 15 is 0 Å². The number of esters is 1. The Balaban J connectivity index is 1.90. The molecule has 164 valence electrons. The Labute approximate surface area is 189 Å². The second-order valence-electron chi connectivity index (χ2n) is 7.84. The van der Waals surface area contributed by atoms with Gasteiger partial charge < -0.3 is 9.47 Å². The van der Waals surface area contributed by atoms with Gasteiger partial charge in [0.05, 0.1) is 29.9 Å². The molecule has 0 saturated heterocycles. The third-order valence-electron chi connectivity index (χ3n) is 5.64. The molecular weight excluding hydrogens is 432 g/mol. The summed E-state index contributed by atoms with van der Waals surface area (Å²) in [4.78, 5) is 32.7. The van der Waals surface area contributed by atoms with Gasteiger partial charge in [-0.25, -0.2) is 4.98 Å². The molecule has 8 heteroatoms. The van der Waals surface area contributed by atoms with E-state index in [9.17, 15) is 9.59 Å². The van der Waals surface area contributed by atoms with Gasteiger partial charge in [0.25, 0.3) is 5.56 Å². The lowest BCUT2D eigenvalue weighted by molar-refractivity contribution is -0.142. The van der Waals surface area contributed by atoms with Crippen LogP contribution in [0, 0.1) is 0 Å². The third-order valence-corrected chi connectivity index (χ3v) is 7.77. The predicted octanol–water partition coefficient (Wildman–Crippen LogP) is 4.73. The summed E-state index contributed by atoms with van der Waals surface area (Å²) in [6, 6.07) is 9.45. The minimum absolute atomic E-state index is 0.104. The van der Waals surface area contributed by atoms with Crippen molar-refractivity contribution in [3.05, 3.63) is 51.1 Å². The van der Waals surface area contributed by atoms with Crippen molar-refractivity contribution in [3.63, 3.8) is 0 Å². The predicted molar refractivity (Wildman–Crippen MR) is 124 cm³/mol. The summed E-state index contributed by atoms with van der Waals surface area (Å²) in [6.45, 7) is 8.55. The van der Waals surface area contributed by atoms with Crippen LogP contribution in [0.25, 0.3) is 15.9 Å². The van der Waals surface area contributed by atoms with E-state index in [2.05, 4.69) is 13.8 Å². The van der Waals surface area contributed by atoms with E-state index in [0.717, 1.165) is 22.5 Å². The average molecular weight is 459 g/mol. The van der Waals surface area contributed by atoms with Crippen molar-refractivity contribution in [1.29, 1.82) is 0 Å². The fourth-order valence-corrected chi connectivity index (χ4v) is 5.75. The van der Waals surface area contributed by atoms with Crippen molar-refractivity contribution in [2.75, 3.05) is 6.61 Å². The van der Waals surface area contributed by atoms with Gasteiger partial charge in [0.2, 0.25) is 0 Å². The average Bonchev–Trinajstić information content (AvgIpc) is 3.12. The molecular formula is C23H26N2O4S2. The number of hydrogen-bond donors (Lipinski definition) is 0. The lowest BCUT2D eigenvalue weighted by Crippen LogP contribution is -2.34. The van der Waals surface area contributed by atoms with E-state index in [1.165, 1.54) is 23.1 Å². The number of hydrogen-bond acceptors (Lipinski definition) is 7. The van der Waals surface area contributed by atoms with E-state index in [-0.39, 0.29) is 17.1 Å². The largest absolute Gasteiger partial charge is 0.465 e. The van der Waals surface area contributed by atoms with Crippen LogP contribution >= 0.6 is 23.1 Å². The first kappa shape index (κ1) is 22.0. The SMILES string of the molecule is CCOC(=O)[C@H](C)Sc1nc2sc3c(c2c(=O)n1-c1ccccc1)C[C@@](C)(CC)OC3. The number of thiophene rings is 1. The van der Waals surface area contributed by atoms with E-state index < -0.39 is 5.25 Å². The van der Waals surface area contributed by atoms with Gasteiger partial charge in [-0.3, -0.25) is 14.2 Å². The van der Waals surface area contributed by atoms with Crippen LogP contribution in [-0.2, 0) is 27.3 Å². The van der Waals surface area contributed by atoms with Gasteiger partial charge >= 0.3 is 5.97 Å². The van der Waals surface area contributed by atoms with Gasteiger partial charge in [-0.05, 0) is 44.9 Å². The Bertz CT molecular complexity index is 1170. The van der Waals surface area contributed by atoms with Gasteiger partial charge in [0.15, 0.2) is 5.16 Å². The van der Waals surface area contributed by atoms with Crippen molar-refractivity contribution in [2.24, 2.45) is 0 Å². The molecule has 1 aliphatic rings. The number of para-hydroxylation sites is 1. The zero-order valence-electron chi connectivity index (χ0n) is 18.1. The molecule has 1 aromatic carbocycles. The number of carbonyl (C=O) groups is 1.